The number of ether oxygens (including phenoxy) is 3. The van der Waals surface area contributed by atoms with Gasteiger partial charge in [-0.1, -0.05) is 30.3 Å². The Bertz CT molecular complexity index is 1100. The third-order valence-electron chi connectivity index (χ3n) is 4.82. The van der Waals surface area contributed by atoms with Crippen LogP contribution in [0.15, 0.2) is 60.7 Å². The van der Waals surface area contributed by atoms with Gasteiger partial charge in [-0.25, -0.2) is 4.98 Å². The topological polar surface area (TPSA) is 78.0 Å². The number of ketones is 1. The lowest BCUT2D eigenvalue weighted by molar-refractivity contribution is -0.121. The van der Waals surface area contributed by atoms with Crippen LogP contribution in [-0.2, 0) is 4.79 Å². The second kappa shape index (κ2) is 8.24. The fourth-order valence-electron chi connectivity index (χ4n) is 3.26. The van der Waals surface area contributed by atoms with Gasteiger partial charge in [0.2, 0.25) is 0 Å². The Morgan fingerprint density at radius 1 is 1.03 bits per heavy atom. The zero-order valence-corrected chi connectivity index (χ0v) is 16.6. The quantitative estimate of drug-likeness (QED) is 0.586. The van der Waals surface area contributed by atoms with Gasteiger partial charge in [0.25, 0.3) is 5.91 Å². The Hall–Kier alpha value is -3.87. The van der Waals surface area contributed by atoms with E-state index in [1.54, 1.807) is 62.8 Å². The minimum absolute atomic E-state index is 0.110. The Kier molecular flexibility index (Phi) is 5.34. The summed E-state index contributed by atoms with van der Waals surface area (Å²) < 4.78 is 16.2. The van der Waals surface area contributed by atoms with Crippen LogP contribution in [-0.4, -0.2) is 44.0 Å². The number of carbonyl (C=O) groups is 2. The van der Waals surface area contributed by atoms with Gasteiger partial charge in [0.15, 0.2) is 35.5 Å². The van der Waals surface area contributed by atoms with Crippen LogP contribution in [0.25, 0.3) is 11.3 Å². The maximum Gasteiger partial charge on any atom is 0.266 e. The van der Waals surface area contributed by atoms with Gasteiger partial charge in [-0.2, -0.15) is 0 Å². The van der Waals surface area contributed by atoms with Crippen LogP contribution in [0.2, 0.25) is 0 Å². The van der Waals surface area contributed by atoms with Gasteiger partial charge in [-0.15, -0.1) is 0 Å². The highest BCUT2D eigenvalue weighted by Crippen LogP contribution is 2.36. The van der Waals surface area contributed by atoms with Crippen molar-refractivity contribution in [1.82, 2.24) is 4.98 Å². The van der Waals surface area contributed by atoms with Crippen molar-refractivity contribution in [3.05, 3.63) is 66.2 Å². The maximum absolute atomic E-state index is 12.7. The number of rotatable bonds is 6. The van der Waals surface area contributed by atoms with Crippen molar-refractivity contribution in [3.8, 4) is 28.5 Å². The van der Waals surface area contributed by atoms with E-state index in [9.17, 15) is 9.59 Å². The summed E-state index contributed by atoms with van der Waals surface area (Å²) in [7, 11) is 3.13. The molecule has 2 heterocycles. The van der Waals surface area contributed by atoms with Gasteiger partial charge in [-0.3, -0.25) is 14.5 Å². The molecule has 0 fully saturated rings. The number of benzene rings is 2. The Balaban J connectivity index is 1.69. The van der Waals surface area contributed by atoms with Crippen molar-refractivity contribution in [2.45, 2.75) is 0 Å². The van der Waals surface area contributed by atoms with E-state index in [0.29, 0.717) is 34.3 Å². The molecule has 1 aliphatic heterocycles. The maximum atomic E-state index is 12.7. The first-order chi connectivity index (χ1) is 14.6. The molecule has 0 N–H and O–H groups in total. The van der Waals surface area contributed by atoms with Gasteiger partial charge < -0.3 is 14.2 Å². The van der Waals surface area contributed by atoms with Gasteiger partial charge >= 0.3 is 0 Å². The van der Waals surface area contributed by atoms with Crippen LogP contribution in [0.3, 0.4) is 0 Å². The monoisotopic (exact) mass is 404 g/mol. The molecule has 0 atom stereocenters. The molecule has 0 unspecified atom stereocenters. The molecule has 4 rings (SSSR count). The molecule has 2 aromatic carbocycles. The molecule has 0 saturated carbocycles. The van der Waals surface area contributed by atoms with Crippen molar-refractivity contribution >= 4 is 17.5 Å². The molecule has 0 bridgehead atoms. The van der Waals surface area contributed by atoms with E-state index in [4.69, 9.17) is 14.2 Å². The summed E-state index contributed by atoms with van der Waals surface area (Å²) in [6.45, 7) is -0.242. The van der Waals surface area contributed by atoms with Gasteiger partial charge in [-0.05, 0) is 30.3 Å². The molecule has 152 valence electrons. The molecule has 1 amide bonds. The second-order valence-corrected chi connectivity index (χ2v) is 6.65. The molecule has 1 aliphatic rings. The first-order valence-corrected chi connectivity index (χ1v) is 9.35. The second-order valence-electron chi connectivity index (χ2n) is 6.65. The van der Waals surface area contributed by atoms with E-state index in [0.717, 1.165) is 5.56 Å². The Morgan fingerprint density at radius 2 is 1.80 bits per heavy atom. The van der Waals surface area contributed by atoms with E-state index in [2.05, 4.69) is 4.98 Å². The molecule has 7 nitrogen and oxygen atoms in total. The van der Waals surface area contributed by atoms with Crippen LogP contribution in [0.5, 0.6) is 17.2 Å². The fraction of sp³-hybridized carbons (Fsp3) is 0.174. The zero-order chi connectivity index (χ0) is 21.1. The summed E-state index contributed by atoms with van der Waals surface area (Å²) in [6, 6.07) is 17.8. The number of aromatic nitrogens is 1. The van der Waals surface area contributed by atoms with E-state index < -0.39 is 0 Å². The highest BCUT2D eigenvalue weighted by atomic mass is 16.5. The number of hydrogen-bond donors (Lipinski definition) is 0. The average molecular weight is 404 g/mol. The van der Waals surface area contributed by atoms with Crippen LogP contribution >= 0.6 is 0 Å². The average Bonchev–Trinajstić information content (AvgIpc) is 2.80. The first-order valence-electron chi connectivity index (χ1n) is 9.35. The lowest BCUT2D eigenvalue weighted by atomic mass is 10.1. The van der Waals surface area contributed by atoms with Crippen LogP contribution in [0.1, 0.15) is 10.4 Å². The number of amides is 1. The standard InChI is InChI=1S/C23H20N2O5/c1-28-19-10-8-16(12-21(19)29-2)17-9-11-20-23(24-17)25(22(27)14-30-20)13-18(26)15-6-4-3-5-7-15/h3-12H,13-14H2,1-2H3. The summed E-state index contributed by atoms with van der Waals surface area (Å²) in [5.41, 5.74) is 1.93. The van der Waals surface area contributed by atoms with Crippen LogP contribution < -0.4 is 19.1 Å². The van der Waals surface area contributed by atoms with Gasteiger partial charge in [0, 0.05) is 11.1 Å². The number of nitrogens with zero attached hydrogens (tertiary/aromatic N) is 2. The SMILES string of the molecule is COc1ccc(-c2ccc3c(n2)N(CC(=O)c2ccccc2)C(=O)CO3)cc1OC. The van der Waals surface area contributed by atoms with Crippen molar-refractivity contribution in [2.24, 2.45) is 0 Å². The van der Waals surface area contributed by atoms with Crippen molar-refractivity contribution in [2.75, 3.05) is 32.3 Å². The highest BCUT2D eigenvalue weighted by Gasteiger charge is 2.29. The van der Waals surface area contributed by atoms with Gasteiger partial charge in [0.05, 0.1) is 26.5 Å². The summed E-state index contributed by atoms with van der Waals surface area (Å²) in [6.07, 6.45) is 0. The van der Waals surface area contributed by atoms with E-state index >= 15 is 0 Å². The zero-order valence-electron chi connectivity index (χ0n) is 16.6. The predicted molar refractivity (Wildman–Crippen MR) is 111 cm³/mol. The number of anilines is 1. The third kappa shape index (κ3) is 3.69. The number of pyridine rings is 1. The van der Waals surface area contributed by atoms with Crippen molar-refractivity contribution < 1.29 is 23.8 Å². The molecule has 1 aromatic heterocycles. The minimum atomic E-state index is -0.316. The van der Waals surface area contributed by atoms with E-state index in [1.165, 1.54) is 4.90 Å². The predicted octanol–water partition coefficient (Wildman–Crippen LogP) is 3.37. The highest BCUT2D eigenvalue weighted by molar-refractivity contribution is 6.06. The number of hydrogen-bond acceptors (Lipinski definition) is 6. The molecule has 0 aliphatic carbocycles. The first kappa shape index (κ1) is 19.4. The molecular weight excluding hydrogens is 384 g/mol. The molecule has 0 radical (unpaired) electrons. The van der Waals surface area contributed by atoms with E-state index in [-0.39, 0.29) is 24.8 Å². The lowest BCUT2D eigenvalue weighted by Crippen LogP contribution is -2.42. The number of Topliss-reactive ketones (excluding diaryl/α,β-unsaturated/α-hetero) is 1. The van der Waals surface area contributed by atoms with E-state index in [1.807, 2.05) is 12.1 Å². The van der Waals surface area contributed by atoms with Crippen LogP contribution in [0, 0.1) is 0 Å². The van der Waals surface area contributed by atoms with Crippen molar-refractivity contribution in [3.63, 3.8) is 0 Å². The molecule has 7 heteroatoms. The summed E-state index contributed by atoms with van der Waals surface area (Å²) in [5, 5.41) is 0. The number of carbonyl (C=O) groups excluding carboxylic acids is 2. The molecule has 3 aromatic rings. The molecule has 0 spiro atoms. The molecule has 30 heavy (non-hydrogen) atoms. The smallest absolute Gasteiger partial charge is 0.266 e. The van der Waals surface area contributed by atoms with Crippen molar-refractivity contribution in [1.29, 1.82) is 0 Å². The normalized spacial score (nSPS) is 12.7. The summed E-state index contributed by atoms with van der Waals surface area (Å²) >= 11 is 0. The summed E-state index contributed by atoms with van der Waals surface area (Å²) in [4.78, 5) is 31.2. The largest absolute Gasteiger partial charge is 0.493 e. The van der Waals surface area contributed by atoms with Crippen LogP contribution in [0.4, 0.5) is 5.82 Å². The number of fused-ring (bicyclic) bond motifs is 1. The minimum Gasteiger partial charge on any atom is -0.493 e. The molecular formula is C23H20N2O5. The summed E-state index contributed by atoms with van der Waals surface area (Å²) in [5.74, 6) is 1.46. The number of methoxy groups -OCH3 is 2. The Labute approximate surface area is 173 Å². The molecule has 0 saturated heterocycles. The lowest BCUT2D eigenvalue weighted by Gasteiger charge is -2.28. The van der Waals surface area contributed by atoms with Gasteiger partial charge in [0.1, 0.15) is 0 Å². The third-order valence-corrected chi connectivity index (χ3v) is 4.82. The Morgan fingerprint density at radius 3 is 2.53 bits per heavy atom. The fourth-order valence-corrected chi connectivity index (χ4v) is 3.26.